The Bertz CT molecular complexity index is 693. The minimum atomic E-state index is -0.00384. The zero-order valence-corrected chi connectivity index (χ0v) is 12.5. The molecule has 3 heteroatoms. The lowest BCUT2D eigenvalue weighted by Gasteiger charge is -2.35. The lowest BCUT2D eigenvalue weighted by atomic mass is 9.95. The van der Waals surface area contributed by atoms with Gasteiger partial charge in [0.25, 0.3) is 5.91 Å². The molecule has 1 aliphatic rings. The van der Waals surface area contributed by atoms with Gasteiger partial charge >= 0.3 is 0 Å². The number of hydrogen-bond acceptors (Lipinski definition) is 2. The Labute approximate surface area is 125 Å². The number of nitrogen functional groups attached to an aromatic ring is 1. The Balaban J connectivity index is 2.07. The highest BCUT2D eigenvalue weighted by atomic mass is 16.2. The highest BCUT2D eigenvalue weighted by Crippen LogP contribution is 2.32. The largest absolute Gasteiger partial charge is 0.398 e. The van der Waals surface area contributed by atoms with Gasteiger partial charge in [0.15, 0.2) is 0 Å². The van der Waals surface area contributed by atoms with E-state index in [2.05, 4.69) is 13.0 Å². The van der Waals surface area contributed by atoms with Gasteiger partial charge in [-0.2, -0.15) is 0 Å². The average molecular weight is 280 g/mol. The van der Waals surface area contributed by atoms with Gasteiger partial charge < -0.3 is 10.6 Å². The van der Waals surface area contributed by atoms with Gasteiger partial charge in [-0.25, -0.2) is 0 Å². The topological polar surface area (TPSA) is 46.3 Å². The number of nitrogens with zero attached hydrogens (tertiary/aromatic N) is 1. The zero-order valence-electron chi connectivity index (χ0n) is 12.5. The molecule has 0 fully saturated rings. The highest BCUT2D eigenvalue weighted by Gasteiger charge is 2.29. The van der Waals surface area contributed by atoms with Gasteiger partial charge in [-0.1, -0.05) is 29.8 Å². The van der Waals surface area contributed by atoms with Crippen molar-refractivity contribution in [3.8, 4) is 0 Å². The highest BCUT2D eigenvalue weighted by molar-refractivity contribution is 6.10. The number of anilines is 2. The second kappa shape index (κ2) is 5.24. The average Bonchev–Trinajstić information content (AvgIpc) is 2.49. The van der Waals surface area contributed by atoms with Gasteiger partial charge in [-0.3, -0.25) is 4.79 Å². The lowest BCUT2D eigenvalue weighted by Crippen LogP contribution is -2.42. The van der Waals surface area contributed by atoms with Crippen LogP contribution in [0.2, 0.25) is 0 Å². The smallest absolute Gasteiger partial charge is 0.260 e. The molecule has 0 aliphatic carbocycles. The number of hydrogen-bond donors (Lipinski definition) is 1. The predicted octanol–water partition coefficient (Wildman–Crippen LogP) is 3.56. The molecule has 1 heterocycles. The maximum atomic E-state index is 13.0. The summed E-state index contributed by atoms with van der Waals surface area (Å²) in [6.07, 6.45) is 2.00. The number of para-hydroxylation sites is 1. The third-order valence-corrected chi connectivity index (χ3v) is 4.18. The molecule has 0 bridgehead atoms. The maximum absolute atomic E-state index is 13.0. The summed E-state index contributed by atoms with van der Waals surface area (Å²) in [5.41, 5.74) is 10.4. The van der Waals surface area contributed by atoms with Gasteiger partial charge in [-0.15, -0.1) is 0 Å². The molecule has 108 valence electrons. The summed E-state index contributed by atoms with van der Waals surface area (Å²) in [4.78, 5) is 14.9. The molecule has 2 aromatic carbocycles. The second-order valence-corrected chi connectivity index (χ2v) is 5.78. The van der Waals surface area contributed by atoms with Crippen molar-refractivity contribution >= 4 is 17.3 Å². The molecular formula is C18H20N2O. The van der Waals surface area contributed by atoms with Gasteiger partial charge in [0.05, 0.1) is 5.56 Å². The molecule has 0 aromatic heterocycles. The summed E-state index contributed by atoms with van der Waals surface area (Å²) in [5, 5.41) is 0. The SMILES string of the molecule is Cc1ccc(N)c(C(=O)N2c3ccccc3CCC2C)c1. The van der Waals surface area contributed by atoms with Crippen LogP contribution in [0, 0.1) is 6.92 Å². The zero-order chi connectivity index (χ0) is 15.0. The number of nitrogens with two attached hydrogens (primary N) is 1. The fraction of sp³-hybridized carbons (Fsp3) is 0.278. The van der Waals surface area contributed by atoms with Crippen molar-refractivity contribution in [1.82, 2.24) is 0 Å². The summed E-state index contributed by atoms with van der Waals surface area (Å²) >= 11 is 0. The molecule has 0 radical (unpaired) electrons. The molecule has 21 heavy (non-hydrogen) atoms. The first-order chi connectivity index (χ1) is 10.1. The maximum Gasteiger partial charge on any atom is 0.260 e. The van der Waals surface area contributed by atoms with Crippen LogP contribution in [0.15, 0.2) is 42.5 Å². The van der Waals surface area contributed by atoms with Crippen LogP contribution in [0.1, 0.15) is 34.8 Å². The number of carbonyl (C=O) groups is 1. The molecule has 1 unspecified atom stereocenters. The minimum Gasteiger partial charge on any atom is -0.398 e. The number of fused-ring (bicyclic) bond motifs is 1. The molecule has 2 N–H and O–H groups in total. The van der Waals surface area contributed by atoms with E-state index in [1.165, 1.54) is 5.56 Å². The molecule has 0 saturated heterocycles. The Morgan fingerprint density at radius 3 is 2.81 bits per heavy atom. The molecule has 1 atom stereocenters. The lowest BCUT2D eigenvalue weighted by molar-refractivity contribution is 0.0976. The van der Waals surface area contributed by atoms with Crippen LogP contribution in [0.25, 0.3) is 0 Å². The molecular weight excluding hydrogens is 260 g/mol. The molecule has 0 saturated carbocycles. The molecule has 2 aromatic rings. The summed E-state index contributed by atoms with van der Waals surface area (Å²) < 4.78 is 0. The number of benzene rings is 2. The van der Waals surface area contributed by atoms with Crippen LogP contribution < -0.4 is 10.6 Å². The Kier molecular flexibility index (Phi) is 3.42. The van der Waals surface area contributed by atoms with E-state index in [9.17, 15) is 4.79 Å². The number of amides is 1. The molecule has 0 spiro atoms. The van der Waals surface area contributed by atoms with Crippen molar-refractivity contribution in [3.63, 3.8) is 0 Å². The quantitative estimate of drug-likeness (QED) is 0.812. The predicted molar refractivity (Wildman–Crippen MR) is 86.6 cm³/mol. The summed E-state index contributed by atoms with van der Waals surface area (Å²) in [6, 6.07) is 13.9. The normalized spacial score (nSPS) is 17.4. The fourth-order valence-electron chi connectivity index (χ4n) is 2.98. The molecule has 3 rings (SSSR count). The van der Waals surface area contributed by atoms with Crippen LogP contribution in [0.5, 0.6) is 0 Å². The van der Waals surface area contributed by atoms with Crippen LogP contribution in [-0.2, 0) is 6.42 Å². The van der Waals surface area contributed by atoms with Crippen molar-refractivity contribution < 1.29 is 4.79 Å². The number of aryl methyl sites for hydroxylation is 2. The van der Waals surface area contributed by atoms with Crippen molar-refractivity contribution in [1.29, 1.82) is 0 Å². The molecule has 3 nitrogen and oxygen atoms in total. The van der Waals surface area contributed by atoms with Gasteiger partial charge in [-0.05, 0) is 50.5 Å². The van der Waals surface area contributed by atoms with E-state index in [0.29, 0.717) is 11.3 Å². The van der Waals surface area contributed by atoms with E-state index < -0.39 is 0 Å². The van der Waals surface area contributed by atoms with E-state index in [1.807, 2.05) is 48.2 Å². The van der Waals surface area contributed by atoms with Crippen molar-refractivity contribution in [2.75, 3.05) is 10.6 Å². The third kappa shape index (κ3) is 2.40. The summed E-state index contributed by atoms with van der Waals surface area (Å²) in [5.74, 6) is -0.00384. The van der Waals surface area contributed by atoms with Crippen molar-refractivity contribution in [2.24, 2.45) is 0 Å². The van der Waals surface area contributed by atoms with E-state index >= 15 is 0 Å². The Morgan fingerprint density at radius 1 is 1.24 bits per heavy atom. The van der Waals surface area contributed by atoms with E-state index in [1.54, 1.807) is 0 Å². The fourth-order valence-corrected chi connectivity index (χ4v) is 2.98. The number of rotatable bonds is 1. The standard InChI is InChI=1S/C18H20N2O/c1-12-7-10-16(19)15(11-12)18(21)20-13(2)8-9-14-5-3-4-6-17(14)20/h3-7,10-11,13H,8-9,19H2,1-2H3. The van der Waals surface area contributed by atoms with Crippen LogP contribution in [0.3, 0.4) is 0 Å². The van der Waals surface area contributed by atoms with Crippen LogP contribution in [-0.4, -0.2) is 11.9 Å². The van der Waals surface area contributed by atoms with E-state index in [0.717, 1.165) is 24.1 Å². The monoisotopic (exact) mass is 280 g/mol. The van der Waals surface area contributed by atoms with Gasteiger partial charge in [0.2, 0.25) is 0 Å². The van der Waals surface area contributed by atoms with Gasteiger partial charge in [0.1, 0.15) is 0 Å². The molecule has 1 amide bonds. The van der Waals surface area contributed by atoms with E-state index in [4.69, 9.17) is 5.73 Å². The van der Waals surface area contributed by atoms with E-state index in [-0.39, 0.29) is 11.9 Å². The van der Waals surface area contributed by atoms with Gasteiger partial charge in [0, 0.05) is 17.4 Å². The Morgan fingerprint density at radius 2 is 2.00 bits per heavy atom. The first-order valence-corrected chi connectivity index (χ1v) is 7.35. The first kappa shape index (κ1) is 13.7. The van der Waals surface area contributed by atoms with Crippen LogP contribution >= 0.6 is 0 Å². The third-order valence-electron chi connectivity index (χ3n) is 4.18. The summed E-state index contributed by atoms with van der Waals surface area (Å²) in [7, 11) is 0. The number of carbonyl (C=O) groups excluding carboxylic acids is 1. The van der Waals surface area contributed by atoms with Crippen molar-refractivity contribution in [2.45, 2.75) is 32.7 Å². The summed E-state index contributed by atoms with van der Waals surface area (Å²) in [6.45, 7) is 4.07. The Hall–Kier alpha value is -2.29. The minimum absolute atomic E-state index is 0.00384. The van der Waals surface area contributed by atoms with Crippen molar-refractivity contribution in [3.05, 3.63) is 59.2 Å². The first-order valence-electron chi connectivity index (χ1n) is 7.35. The van der Waals surface area contributed by atoms with Crippen LogP contribution in [0.4, 0.5) is 11.4 Å². The second-order valence-electron chi connectivity index (χ2n) is 5.78. The molecule has 1 aliphatic heterocycles.